The summed E-state index contributed by atoms with van der Waals surface area (Å²) in [7, 11) is 1.47. The van der Waals surface area contributed by atoms with Gasteiger partial charge in [-0.3, -0.25) is 9.59 Å². The van der Waals surface area contributed by atoms with Crippen molar-refractivity contribution in [3.63, 3.8) is 0 Å². The highest BCUT2D eigenvalue weighted by atomic mass is 79.9. The number of amides is 1. The number of esters is 1. The van der Waals surface area contributed by atoms with Crippen molar-refractivity contribution in [1.82, 2.24) is 0 Å². The van der Waals surface area contributed by atoms with Crippen LogP contribution in [0.3, 0.4) is 0 Å². The molecule has 1 aliphatic heterocycles. The molecule has 0 atom stereocenters. The van der Waals surface area contributed by atoms with Crippen LogP contribution in [0.15, 0.2) is 51.5 Å². The SMILES string of the molecule is COc1cc(/C=C2/C(=O)N(c3ccc(Cl)cc3)N=C2C)cc(Br)c1OC(C)=O. The Labute approximate surface area is 175 Å². The zero-order valence-electron chi connectivity index (χ0n) is 15.3. The van der Waals surface area contributed by atoms with E-state index >= 15 is 0 Å². The Hall–Kier alpha value is -2.64. The van der Waals surface area contributed by atoms with Crippen molar-refractivity contribution in [2.75, 3.05) is 12.1 Å². The molecule has 28 heavy (non-hydrogen) atoms. The molecule has 0 aromatic heterocycles. The van der Waals surface area contributed by atoms with Gasteiger partial charge in [-0.1, -0.05) is 11.6 Å². The van der Waals surface area contributed by atoms with Gasteiger partial charge in [0, 0.05) is 11.9 Å². The van der Waals surface area contributed by atoms with Gasteiger partial charge in [-0.25, -0.2) is 0 Å². The lowest BCUT2D eigenvalue weighted by Crippen LogP contribution is -2.21. The number of rotatable bonds is 4. The van der Waals surface area contributed by atoms with Crippen LogP contribution in [0.1, 0.15) is 19.4 Å². The first-order chi connectivity index (χ1) is 13.3. The highest BCUT2D eigenvalue weighted by Crippen LogP contribution is 2.38. The van der Waals surface area contributed by atoms with Gasteiger partial charge in [0.1, 0.15) is 0 Å². The van der Waals surface area contributed by atoms with E-state index in [0.29, 0.717) is 37.8 Å². The maximum absolute atomic E-state index is 12.9. The standard InChI is InChI=1S/C20H16BrClN2O4/c1-11-16(20(26)24(23-11)15-6-4-14(22)5-7-15)8-13-9-17(21)19(28-12(2)25)18(10-13)27-3/h4-10H,1-3H3/b16-8+. The number of methoxy groups -OCH3 is 1. The van der Waals surface area contributed by atoms with Crippen LogP contribution < -0.4 is 14.5 Å². The lowest BCUT2D eigenvalue weighted by molar-refractivity contribution is -0.132. The van der Waals surface area contributed by atoms with Crippen molar-refractivity contribution in [3.8, 4) is 11.5 Å². The van der Waals surface area contributed by atoms with Crippen LogP contribution in [0.2, 0.25) is 5.02 Å². The Kier molecular flexibility index (Phi) is 5.86. The van der Waals surface area contributed by atoms with Crippen LogP contribution in [0.25, 0.3) is 6.08 Å². The molecule has 8 heteroatoms. The van der Waals surface area contributed by atoms with E-state index in [0.717, 1.165) is 0 Å². The number of benzene rings is 2. The maximum atomic E-state index is 12.9. The first-order valence-electron chi connectivity index (χ1n) is 8.23. The Balaban J connectivity index is 1.96. The predicted octanol–water partition coefficient (Wildman–Crippen LogP) is 4.84. The summed E-state index contributed by atoms with van der Waals surface area (Å²) in [6.07, 6.45) is 1.71. The summed E-state index contributed by atoms with van der Waals surface area (Å²) in [6, 6.07) is 10.3. The second-order valence-electron chi connectivity index (χ2n) is 5.96. The minimum absolute atomic E-state index is 0.251. The summed E-state index contributed by atoms with van der Waals surface area (Å²) in [4.78, 5) is 24.1. The Morgan fingerprint density at radius 3 is 2.54 bits per heavy atom. The van der Waals surface area contributed by atoms with Gasteiger partial charge in [-0.05, 0) is 70.9 Å². The molecule has 0 saturated heterocycles. The van der Waals surface area contributed by atoms with Crippen molar-refractivity contribution in [3.05, 3.63) is 57.0 Å². The minimum Gasteiger partial charge on any atom is -0.493 e. The van der Waals surface area contributed by atoms with E-state index in [-0.39, 0.29) is 11.7 Å². The molecule has 2 aromatic carbocycles. The smallest absolute Gasteiger partial charge is 0.308 e. The number of carbonyl (C=O) groups is 2. The largest absolute Gasteiger partial charge is 0.493 e. The Bertz CT molecular complexity index is 1020. The molecule has 0 spiro atoms. The van der Waals surface area contributed by atoms with E-state index in [2.05, 4.69) is 21.0 Å². The number of hydrogen-bond donors (Lipinski definition) is 0. The topological polar surface area (TPSA) is 68.2 Å². The van der Waals surface area contributed by atoms with Crippen LogP contribution in [0.5, 0.6) is 11.5 Å². The quantitative estimate of drug-likeness (QED) is 0.369. The molecule has 0 saturated carbocycles. The number of halogens is 2. The van der Waals surface area contributed by atoms with Crippen LogP contribution in [0.4, 0.5) is 5.69 Å². The van der Waals surface area contributed by atoms with Crippen LogP contribution in [-0.4, -0.2) is 24.7 Å². The fourth-order valence-corrected chi connectivity index (χ4v) is 3.34. The number of nitrogens with zero attached hydrogens (tertiary/aromatic N) is 2. The van der Waals surface area contributed by atoms with Crippen LogP contribution in [0, 0.1) is 0 Å². The fraction of sp³-hybridized carbons (Fsp3) is 0.150. The summed E-state index contributed by atoms with van der Waals surface area (Å²) >= 11 is 9.29. The summed E-state index contributed by atoms with van der Waals surface area (Å²) in [6.45, 7) is 3.07. The third-order valence-electron chi connectivity index (χ3n) is 3.94. The van der Waals surface area contributed by atoms with Gasteiger partial charge in [0.05, 0.1) is 28.6 Å². The van der Waals surface area contributed by atoms with Gasteiger partial charge in [-0.15, -0.1) is 0 Å². The van der Waals surface area contributed by atoms with Gasteiger partial charge in [0.25, 0.3) is 5.91 Å². The van der Waals surface area contributed by atoms with E-state index in [4.69, 9.17) is 21.1 Å². The molecule has 0 radical (unpaired) electrons. The molecule has 2 aromatic rings. The summed E-state index contributed by atoms with van der Waals surface area (Å²) < 4.78 is 11.0. The molecule has 1 amide bonds. The zero-order valence-corrected chi connectivity index (χ0v) is 17.7. The Morgan fingerprint density at radius 2 is 1.93 bits per heavy atom. The normalized spacial score (nSPS) is 15.0. The summed E-state index contributed by atoms with van der Waals surface area (Å²) in [5, 5.41) is 6.26. The summed E-state index contributed by atoms with van der Waals surface area (Å²) in [5.74, 6) is -0.0641. The number of carbonyl (C=O) groups excluding carboxylic acids is 2. The molecule has 144 valence electrons. The molecular weight excluding hydrogens is 448 g/mol. The number of anilines is 1. The molecule has 3 rings (SSSR count). The number of hydrazone groups is 1. The molecule has 0 unspecified atom stereocenters. The van der Waals surface area contributed by atoms with Crippen LogP contribution >= 0.6 is 27.5 Å². The van der Waals surface area contributed by atoms with E-state index in [1.165, 1.54) is 19.0 Å². The maximum Gasteiger partial charge on any atom is 0.308 e. The zero-order chi connectivity index (χ0) is 20.4. The van der Waals surface area contributed by atoms with E-state index < -0.39 is 5.97 Å². The van der Waals surface area contributed by atoms with Gasteiger partial charge in [0.15, 0.2) is 11.5 Å². The molecule has 1 aliphatic rings. The average Bonchev–Trinajstić information content (AvgIpc) is 2.92. The summed E-state index contributed by atoms with van der Waals surface area (Å²) in [5.41, 5.74) is 2.35. The third-order valence-corrected chi connectivity index (χ3v) is 4.78. The molecular formula is C20H16BrClN2O4. The second kappa shape index (κ2) is 8.16. The number of hydrogen-bond acceptors (Lipinski definition) is 5. The van der Waals surface area contributed by atoms with Gasteiger partial charge in [-0.2, -0.15) is 10.1 Å². The van der Waals surface area contributed by atoms with Gasteiger partial charge in [0.2, 0.25) is 0 Å². The monoisotopic (exact) mass is 462 g/mol. The predicted molar refractivity (Wildman–Crippen MR) is 112 cm³/mol. The lowest BCUT2D eigenvalue weighted by Gasteiger charge is -2.12. The molecule has 6 nitrogen and oxygen atoms in total. The van der Waals surface area contributed by atoms with Crippen molar-refractivity contribution in [1.29, 1.82) is 0 Å². The van der Waals surface area contributed by atoms with Gasteiger partial charge >= 0.3 is 5.97 Å². The molecule has 0 bridgehead atoms. The average molecular weight is 464 g/mol. The third kappa shape index (κ3) is 4.10. The minimum atomic E-state index is -0.461. The van der Waals surface area contributed by atoms with E-state index in [1.807, 2.05) is 0 Å². The molecule has 0 N–H and O–H groups in total. The second-order valence-corrected chi connectivity index (χ2v) is 7.26. The molecule has 1 heterocycles. The lowest BCUT2D eigenvalue weighted by atomic mass is 10.1. The van der Waals surface area contributed by atoms with Crippen molar-refractivity contribution in [2.24, 2.45) is 5.10 Å². The van der Waals surface area contributed by atoms with E-state index in [1.54, 1.807) is 49.4 Å². The van der Waals surface area contributed by atoms with Crippen molar-refractivity contribution < 1.29 is 19.1 Å². The highest BCUT2D eigenvalue weighted by molar-refractivity contribution is 9.10. The molecule has 0 aliphatic carbocycles. The number of ether oxygens (including phenoxy) is 2. The first kappa shape index (κ1) is 20.1. The first-order valence-corrected chi connectivity index (χ1v) is 9.40. The Morgan fingerprint density at radius 1 is 1.25 bits per heavy atom. The fourth-order valence-electron chi connectivity index (χ4n) is 2.67. The van der Waals surface area contributed by atoms with Gasteiger partial charge < -0.3 is 9.47 Å². The molecule has 0 fully saturated rings. The van der Waals surface area contributed by atoms with Crippen molar-refractivity contribution in [2.45, 2.75) is 13.8 Å². The van der Waals surface area contributed by atoms with Crippen LogP contribution in [-0.2, 0) is 9.59 Å². The highest BCUT2D eigenvalue weighted by Gasteiger charge is 2.29. The van der Waals surface area contributed by atoms with Crippen molar-refractivity contribution >= 4 is 56.9 Å². The van der Waals surface area contributed by atoms with E-state index in [9.17, 15) is 9.59 Å².